The van der Waals surface area contributed by atoms with Crippen LogP contribution in [0.2, 0.25) is 0 Å². The number of fused-ring (bicyclic) bond motifs is 1. The number of aromatic nitrogens is 3. The minimum Gasteiger partial charge on any atom is -0.315 e. The molecule has 3 aromatic rings. The summed E-state index contributed by atoms with van der Waals surface area (Å²) in [5.74, 6) is -0.215. The molecule has 1 fully saturated rings. The van der Waals surface area contributed by atoms with Crippen molar-refractivity contribution in [2.75, 3.05) is 18.4 Å². The van der Waals surface area contributed by atoms with Crippen LogP contribution in [-0.2, 0) is 0 Å². The van der Waals surface area contributed by atoms with Crippen molar-refractivity contribution in [3.63, 3.8) is 0 Å². The van der Waals surface area contributed by atoms with E-state index in [1.165, 1.54) is 16.9 Å². The van der Waals surface area contributed by atoms with Crippen LogP contribution in [-0.4, -0.2) is 33.8 Å². The molecule has 4 rings (SSSR count). The Morgan fingerprint density at radius 3 is 3.08 bits per heavy atom. The zero-order valence-electron chi connectivity index (χ0n) is 13.9. The summed E-state index contributed by atoms with van der Waals surface area (Å²) in [4.78, 5) is 16.9. The summed E-state index contributed by atoms with van der Waals surface area (Å²) in [7, 11) is 0. The fourth-order valence-corrected chi connectivity index (χ4v) is 3.93. The maximum absolute atomic E-state index is 12.4. The predicted molar refractivity (Wildman–Crippen MR) is 103 cm³/mol. The van der Waals surface area contributed by atoms with Crippen molar-refractivity contribution in [2.45, 2.75) is 25.8 Å². The largest absolute Gasteiger partial charge is 0.315 e. The van der Waals surface area contributed by atoms with Gasteiger partial charge in [0.25, 0.3) is 5.91 Å². The Labute approximate surface area is 156 Å². The Morgan fingerprint density at radius 1 is 1.40 bits per heavy atom. The number of anilines is 1. The number of hydrogen-bond acceptors (Lipinski definition) is 5. The van der Waals surface area contributed by atoms with E-state index in [4.69, 9.17) is 0 Å². The molecule has 1 saturated heterocycles. The van der Waals surface area contributed by atoms with E-state index in [2.05, 4.69) is 26.8 Å². The van der Waals surface area contributed by atoms with Gasteiger partial charge in [0, 0.05) is 12.7 Å². The molecule has 6 nitrogen and oxygen atoms in total. The van der Waals surface area contributed by atoms with Crippen LogP contribution in [0.1, 0.15) is 34.9 Å². The zero-order valence-corrected chi connectivity index (χ0v) is 15.5. The molecule has 3 heterocycles. The number of halogens is 1. The molecule has 25 heavy (non-hydrogen) atoms. The van der Waals surface area contributed by atoms with Gasteiger partial charge in [-0.3, -0.25) is 14.8 Å². The molecule has 0 saturated carbocycles. The van der Waals surface area contributed by atoms with Gasteiger partial charge in [0.05, 0.1) is 16.3 Å². The number of carbonyl (C=O) groups is 1. The van der Waals surface area contributed by atoms with Gasteiger partial charge in [-0.1, -0.05) is 17.4 Å². The average molecular weight is 378 g/mol. The second-order valence-corrected chi connectivity index (χ2v) is 7.16. The third-order valence-corrected chi connectivity index (χ3v) is 5.18. The number of amides is 1. The summed E-state index contributed by atoms with van der Waals surface area (Å²) in [6, 6.07) is 8.16. The van der Waals surface area contributed by atoms with Gasteiger partial charge in [-0.25, -0.2) is 4.98 Å². The highest BCUT2D eigenvalue weighted by atomic mass is 35.5. The van der Waals surface area contributed by atoms with Gasteiger partial charge in [-0.2, -0.15) is 5.10 Å². The quantitative estimate of drug-likeness (QED) is 0.733. The molecule has 2 N–H and O–H groups in total. The van der Waals surface area contributed by atoms with E-state index in [0.717, 1.165) is 36.1 Å². The van der Waals surface area contributed by atoms with Gasteiger partial charge in [0.15, 0.2) is 10.8 Å². The first kappa shape index (κ1) is 17.8. The van der Waals surface area contributed by atoms with Crippen LogP contribution in [0.5, 0.6) is 0 Å². The fourth-order valence-electron chi connectivity index (χ4n) is 2.97. The molecule has 1 unspecified atom stereocenters. The van der Waals surface area contributed by atoms with Crippen LogP contribution in [0.15, 0.2) is 30.5 Å². The summed E-state index contributed by atoms with van der Waals surface area (Å²) < 4.78 is 2.96. The lowest BCUT2D eigenvalue weighted by Crippen LogP contribution is -2.32. The van der Waals surface area contributed by atoms with E-state index < -0.39 is 0 Å². The smallest absolute Gasteiger partial charge is 0.277 e. The second kappa shape index (κ2) is 7.51. The molecule has 8 heteroatoms. The first-order valence-corrected chi connectivity index (χ1v) is 8.95. The van der Waals surface area contributed by atoms with Gasteiger partial charge in [0.2, 0.25) is 0 Å². The average Bonchev–Trinajstić information content (AvgIpc) is 3.22. The molecular formula is C17H20ClN5OS. The Bertz CT molecular complexity index is 884. The number of benzene rings is 1. The lowest BCUT2D eigenvalue weighted by molar-refractivity contribution is 0.102. The van der Waals surface area contributed by atoms with Crippen molar-refractivity contribution in [3.05, 3.63) is 41.7 Å². The van der Waals surface area contributed by atoms with Crippen LogP contribution in [0.4, 0.5) is 5.13 Å². The Kier molecular flexibility index (Phi) is 5.36. The van der Waals surface area contributed by atoms with Gasteiger partial charge in [-0.15, -0.1) is 12.4 Å². The summed E-state index contributed by atoms with van der Waals surface area (Å²) in [5, 5.41) is 11.3. The molecule has 132 valence electrons. The standard InChI is InChI=1S/C17H19N5OS.ClH/c1-11-4-5-13-15(9-11)24-17(19-13)20-16(23)14-6-8-22(21-14)12-3-2-7-18-10-12;/h4-6,8-9,12,18H,2-3,7,10H2,1H3,(H,19,20,23);1H. The van der Waals surface area contributed by atoms with E-state index in [1.54, 1.807) is 6.07 Å². The minimum absolute atomic E-state index is 0. The zero-order chi connectivity index (χ0) is 16.5. The number of piperidine rings is 1. The van der Waals surface area contributed by atoms with Crippen LogP contribution < -0.4 is 10.6 Å². The first-order valence-electron chi connectivity index (χ1n) is 8.13. The molecule has 0 aliphatic carbocycles. The first-order chi connectivity index (χ1) is 11.7. The lowest BCUT2D eigenvalue weighted by Gasteiger charge is -2.22. The summed E-state index contributed by atoms with van der Waals surface area (Å²) in [6.07, 6.45) is 4.11. The van der Waals surface area contributed by atoms with Crippen molar-refractivity contribution < 1.29 is 4.79 Å². The van der Waals surface area contributed by atoms with Crippen molar-refractivity contribution >= 4 is 45.0 Å². The molecular weight excluding hydrogens is 358 g/mol. The molecule has 2 aromatic heterocycles. The third-order valence-electron chi connectivity index (χ3n) is 4.25. The van der Waals surface area contributed by atoms with E-state index in [1.807, 2.05) is 29.9 Å². The van der Waals surface area contributed by atoms with Crippen LogP contribution in [0, 0.1) is 6.92 Å². The number of nitrogens with one attached hydrogen (secondary N) is 2. The van der Waals surface area contributed by atoms with Crippen molar-refractivity contribution in [1.29, 1.82) is 0 Å². The Hall–Kier alpha value is -1.96. The lowest BCUT2D eigenvalue weighted by atomic mass is 10.1. The van der Waals surface area contributed by atoms with Crippen LogP contribution in [0.25, 0.3) is 10.2 Å². The van der Waals surface area contributed by atoms with Gasteiger partial charge in [-0.05, 0) is 50.1 Å². The predicted octanol–water partition coefficient (Wildman–Crippen LogP) is 3.40. The van der Waals surface area contributed by atoms with Gasteiger partial charge in [0.1, 0.15) is 0 Å². The SMILES string of the molecule is Cc1ccc2nc(NC(=O)c3ccn(C4CCCNC4)n3)sc2c1.Cl. The number of nitrogens with zero attached hydrogens (tertiary/aromatic N) is 3. The van der Waals surface area contributed by atoms with Crippen molar-refractivity contribution in [3.8, 4) is 0 Å². The number of thiazole rings is 1. The van der Waals surface area contributed by atoms with Crippen LogP contribution >= 0.6 is 23.7 Å². The molecule has 1 aliphatic heterocycles. The Balaban J connectivity index is 0.00000182. The van der Waals surface area contributed by atoms with E-state index in [0.29, 0.717) is 16.9 Å². The van der Waals surface area contributed by atoms with E-state index in [9.17, 15) is 4.79 Å². The van der Waals surface area contributed by atoms with Gasteiger partial charge < -0.3 is 5.32 Å². The van der Waals surface area contributed by atoms with Gasteiger partial charge >= 0.3 is 0 Å². The minimum atomic E-state index is -0.215. The number of hydrogen-bond donors (Lipinski definition) is 2. The number of carbonyl (C=O) groups excluding carboxylic acids is 1. The third kappa shape index (κ3) is 3.84. The molecule has 1 atom stereocenters. The van der Waals surface area contributed by atoms with Crippen molar-refractivity contribution in [1.82, 2.24) is 20.1 Å². The molecule has 0 spiro atoms. The van der Waals surface area contributed by atoms with E-state index in [-0.39, 0.29) is 18.3 Å². The monoisotopic (exact) mass is 377 g/mol. The highest BCUT2D eigenvalue weighted by Crippen LogP contribution is 2.27. The maximum atomic E-state index is 12.4. The number of rotatable bonds is 3. The van der Waals surface area contributed by atoms with E-state index >= 15 is 0 Å². The Morgan fingerprint density at radius 2 is 2.28 bits per heavy atom. The normalized spacial score (nSPS) is 17.2. The highest BCUT2D eigenvalue weighted by molar-refractivity contribution is 7.22. The maximum Gasteiger partial charge on any atom is 0.277 e. The fraction of sp³-hybridized carbons (Fsp3) is 0.353. The summed E-state index contributed by atoms with van der Waals surface area (Å²) in [5.41, 5.74) is 2.51. The van der Waals surface area contributed by atoms with Crippen molar-refractivity contribution in [2.24, 2.45) is 0 Å². The summed E-state index contributed by atoms with van der Waals surface area (Å²) in [6.45, 7) is 4.01. The second-order valence-electron chi connectivity index (χ2n) is 6.13. The number of aryl methyl sites for hydroxylation is 1. The molecule has 1 aromatic carbocycles. The van der Waals surface area contributed by atoms with Crippen LogP contribution in [0.3, 0.4) is 0 Å². The topological polar surface area (TPSA) is 71.8 Å². The highest BCUT2D eigenvalue weighted by Gasteiger charge is 2.18. The molecule has 0 bridgehead atoms. The summed E-state index contributed by atoms with van der Waals surface area (Å²) >= 11 is 1.48. The molecule has 1 aliphatic rings. The molecule has 0 radical (unpaired) electrons. The molecule has 1 amide bonds.